The molecule has 2 aliphatic heterocycles. The highest BCUT2D eigenvalue weighted by Gasteiger charge is 2.18. The highest BCUT2D eigenvalue weighted by Crippen LogP contribution is 2.35. The fraction of sp³-hybridized carbons (Fsp3) is 0.333. The molecule has 0 saturated carbocycles. The number of nitrogens with zero attached hydrogens (tertiary/aromatic N) is 1. The highest BCUT2D eigenvalue weighted by molar-refractivity contribution is 5.90. The molecule has 0 saturated heterocycles. The minimum Gasteiger partial charge on any atom is -0.493 e. The largest absolute Gasteiger partial charge is 0.493 e. The lowest BCUT2D eigenvalue weighted by Gasteiger charge is -2.22. The summed E-state index contributed by atoms with van der Waals surface area (Å²) < 4.78 is 5.67. The van der Waals surface area contributed by atoms with E-state index in [-0.39, 0.29) is 11.9 Å². The average molecular weight is 271 g/mol. The second kappa shape index (κ2) is 5.36. The molecule has 1 atom stereocenters. The average Bonchev–Trinajstić information content (AvgIpc) is 2.92. The molecule has 0 aromatic heterocycles. The Hall–Kier alpha value is -2.30. The maximum atomic E-state index is 11.2. The first kappa shape index (κ1) is 12.7. The van der Waals surface area contributed by atoms with Gasteiger partial charge in [-0.25, -0.2) is 0 Å². The first-order valence-corrected chi connectivity index (χ1v) is 6.72. The van der Waals surface area contributed by atoms with Crippen molar-refractivity contribution in [2.24, 2.45) is 4.99 Å². The quantitative estimate of drug-likeness (QED) is 0.862. The van der Waals surface area contributed by atoms with E-state index >= 15 is 0 Å². The summed E-state index contributed by atoms with van der Waals surface area (Å²) in [5.41, 5.74) is 3.08. The van der Waals surface area contributed by atoms with Crippen LogP contribution in [0.4, 0.5) is 5.69 Å². The minimum atomic E-state index is -0.0712. The maximum Gasteiger partial charge on any atom is 0.221 e. The van der Waals surface area contributed by atoms with E-state index in [2.05, 4.69) is 21.7 Å². The molecule has 1 aromatic rings. The summed E-state index contributed by atoms with van der Waals surface area (Å²) in [4.78, 5) is 15.3. The lowest BCUT2D eigenvalue weighted by molar-refractivity contribution is -0.114. The molecule has 0 bridgehead atoms. The van der Waals surface area contributed by atoms with Crippen LogP contribution in [0.15, 0.2) is 29.3 Å². The number of rotatable bonds is 2. The van der Waals surface area contributed by atoms with Gasteiger partial charge in [0.25, 0.3) is 0 Å². The molecule has 1 aromatic carbocycles. The SMILES string of the molecule is CC(=O)Nc1ccc2c(c1)/C(=C/C1CN=CN1)CCO2. The van der Waals surface area contributed by atoms with Crippen molar-refractivity contribution in [1.82, 2.24) is 5.32 Å². The van der Waals surface area contributed by atoms with Crippen LogP contribution < -0.4 is 15.4 Å². The Balaban J connectivity index is 1.91. The molecule has 5 nitrogen and oxygen atoms in total. The molecule has 20 heavy (non-hydrogen) atoms. The standard InChI is InChI=1S/C15H17N3O2/c1-10(19)18-12-2-3-15-14(7-12)11(4-5-20-15)6-13-8-16-9-17-13/h2-3,6-7,9,13H,4-5,8H2,1H3,(H,16,17)(H,18,19)/b11-6+. The van der Waals surface area contributed by atoms with E-state index in [0.717, 1.165) is 30.0 Å². The van der Waals surface area contributed by atoms with Crippen LogP contribution in [0.2, 0.25) is 0 Å². The Morgan fingerprint density at radius 3 is 3.20 bits per heavy atom. The van der Waals surface area contributed by atoms with Crippen molar-refractivity contribution >= 4 is 23.5 Å². The molecule has 2 heterocycles. The van der Waals surface area contributed by atoms with Crippen LogP contribution in [0.25, 0.3) is 5.57 Å². The van der Waals surface area contributed by atoms with Crippen LogP contribution in [-0.2, 0) is 4.79 Å². The van der Waals surface area contributed by atoms with Gasteiger partial charge in [0.1, 0.15) is 5.75 Å². The Bertz CT molecular complexity index is 585. The molecule has 2 aliphatic rings. The molecular formula is C15H17N3O2. The van der Waals surface area contributed by atoms with E-state index in [1.165, 1.54) is 12.5 Å². The van der Waals surface area contributed by atoms with Crippen molar-refractivity contribution in [3.8, 4) is 5.75 Å². The number of fused-ring (bicyclic) bond motifs is 1. The molecule has 0 radical (unpaired) electrons. The Morgan fingerprint density at radius 2 is 2.45 bits per heavy atom. The lowest BCUT2D eigenvalue weighted by Crippen LogP contribution is -2.23. The Labute approximate surface area is 117 Å². The van der Waals surface area contributed by atoms with Crippen LogP contribution >= 0.6 is 0 Å². The summed E-state index contributed by atoms with van der Waals surface area (Å²) in [6, 6.07) is 5.99. The lowest BCUT2D eigenvalue weighted by atomic mass is 9.97. The third-order valence-corrected chi connectivity index (χ3v) is 3.36. The first-order chi connectivity index (χ1) is 9.72. The van der Waals surface area contributed by atoms with Gasteiger partial charge >= 0.3 is 0 Å². The zero-order valence-corrected chi connectivity index (χ0v) is 11.3. The topological polar surface area (TPSA) is 62.7 Å². The van der Waals surface area contributed by atoms with Gasteiger partial charge in [0, 0.05) is 24.6 Å². The number of hydrogen-bond acceptors (Lipinski definition) is 4. The van der Waals surface area contributed by atoms with Gasteiger partial charge in [-0.05, 0) is 23.8 Å². The van der Waals surface area contributed by atoms with Crippen LogP contribution in [-0.4, -0.2) is 31.4 Å². The number of hydrogen-bond donors (Lipinski definition) is 2. The number of carbonyl (C=O) groups excluding carboxylic acids is 1. The molecule has 3 rings (SSSR count). The maximum absolute atomic E-state index is 11.2. The van der Waals surface area contributed by atoms with Gasteiger partial charge in [-0.15, -0.1) is 0 Å². The summed E-state index contributed by atoms with van der Waals surface area (Å²) >= 11 is 0. The zero-order chi connectivity index (χ0) is 13.9. The van der Waals surface area contributed by atoms with E-state index in [0.29, 0.717) is 6.61 Å². The summed E-state index contributed by atoms with van der Waals surface area (Å²) in [7, 11) is 0. The summed E-state index contributed by atoms with van der Waals surface area (Å²) in [6.45, 7) is 2.96. The van der Waals surface area contributed by atoms with Crippen molar-refractivity contribution in [1.29, 1.82) is 0 Å². The fourth-order valence-electron chi connectivity index (χ4n) is 2.48. The Morgan fingerprint density at radius 1 is 1.55 bits per heavy atom. The monoisotopic (exact) mass is 271 g/mol. The van der Waals surface area contributed by atoms with Crippen molar-refractivity contribution in [2.45, 2.75) is 19.4 Å². The van der Waals surface area contributed by atoms with Gasteiger partial charge in [-0.1, -0.05) is 6.08 Å². The fourth-order valence-corrected chi connectivity index (χ4v) is 2.48. The number of amides is 1. The van der Waals surface area contributed by atoms with E-state index in [4.69, 9.17) is 4.74 Å². The van der Waals surface area contributed by atoms with E-state index in [9.17, 15) is 4.79 Å². The molecular weight excluding hydrogens is 254 g/mol. The summed E-state index contributed by atoms with van der Waals surface area (Å²) in [5, 5.41) is 6.01. The second-order valence-electron chi connectivity index (χ2n) is 4.95. The number of nitrogens with one attached hydrogen (secondary N) is 2. The van der Waals surface area contributed by atoms with Gasteiger partial charge in [0.05, 0.1) is 25.5 Å². The van der Waals surface area contributed by atoms with E-state index in [1.54, 1.807) is 6.34 Å². The summed E-state index contributed by atoms with van der Waals surface area (Å²) in [5.74, 6) is 0.800. The number of benzene rings is 1. The van der Waals surface area contributed by atoms with Gasteiger partial charge in [-0.3, -0.25) is 9.79 Å². The highest BCUT2D eigenvalue weighted by atomic mass is 16.5. The Kier molecular flexibility index (Phi) is 3.41. The molecule has 0 spiro atoms. The van der Waals surface area contributed by atoms with Crippen molar-refractivity contribution in [3.63, 3.8) is 0 Å². The van der Waals surface area contributed by atoms with Gasteiger partial charge < -0.3 is 15.4 Å². The van der Waals surface area contributed by atoms with Crippen molar-refractivity contribution < 1.29 is 9.53 Å². The smallest absolute Gasteiger partial charge is 0.221 e. The number of ether oxygens (including phenoxy) is 1. The molecule has 104 valence electrons. The third-order valence-electron chi connectivity index (χ3n) is 3.36. The van der Waals surface area contributed by atoms with Crippen LogP contribution in [0, 0.1) is 0 Å². The van der Waals surface area contributed by atoms with Crippen molar-refractivity contribution in [2.75, 3.05) is 18.5 Å². The van der Waals surface area contributed by atoms with Crippen molar-refractivity contribution in [3.05, 3.63) is 29.8 Å². The predicted molar refractivity (Wildman–Crippen MR) is 79.1 cm³/mol. The van der Waals surface area contributed by atoms with Crippen LogP contribution in [0.1, 0.15) is 18.9 Å². The molecule has 0 aliphatic carbocycles. The van der Waals surface area contributed by atoms with E-state index in [1.807, 2.05) is 18.2 Å². The first-order valence-electron chi connectivity index (χ1n) is 6.72. The molecule has 5 heteroatoms. The molecule has 1 unspecified atom stereocenters. The van der Waals surface area contributed by atoms with E-state index < -0.39 is 0 Å². The second-order valence-corrected chi connectivity index (χ2v) is 4.95. The number of carbonyl (C=O) groups is 1. The zero-order valence-electron chi connectivity index (χ0n) is 11.3. The van der Waals surface area contributed by atoms with Gasteiger partial charge in [0.15, 0.2) is 0 Å². The van der Waals surface area contributed by atoms with Crippen LogP contribution in [0.5, 0.6) is 5.75 Å². The number of aliphatic imine (C=N–C) groups is 1. The molecule has 0 fully saturated rings. The normalized spacial score (nSPS) is 22.1. The van der Waals surface area contributed by atoms with Crippen LogP contribution in [0.3, 0.4) is 0 Å². The van der Waals surface area contributed by atoms with Gasteiger partial charge in [0.2, 0.25) is 5.91 Å². The number of anilines is 1. The predicted octanol–water partition coefficient (Wildman–Crippen LogP) is 1.81. The van der Waals surface area contributed by atoms with Gasteiger partial charge in [-0.2, -0.15) is 0 Å². The summed E-state index contributed by atoms with van der Waals surface area (Å²) in [6.07, 6.45) is 4.82. The third kappa shape index (κ3) is 2.66. The molecule has 1 amide bonds. The molecule has 2 N–H and O–H groups in total. The minimum absolute atomic E-state index is 0.0712.